The van der Waals surface area contributed by atoms with Crippen molar-refractivity contribution in [3.05, 3.63) is 130 Å². The number of carbonyl (C=O) groups excluding carboxylic acids is 2. The van der Waals surface area contributed by atoms with E-state index in [-0.39, 0.29) is 23.8 Å². The summed E-state index contributed by atoms with van der Waals surface area (Å²) in [4.78, 5) is 30.0. The number of halogens is 1. The van der Waals surface area contributed by atoms with Crippen LogP contribution in [-0.4, -0.2) is 44.3 Å². The number of hydrogen-bond donors (Lipinski definition) is 1. The number of unbranched alkanes of at least 4 members (excludes halogenated alkanes) is 1. The van der Waals surface area contributed by atoms with Crippen LogP contribution >= 0.6 is 11.6 Å². The minimum absolute atomic E-state index is 0.0516. The fourth-order valence-corrected chi connectivity index (χ4v) is 6.89. The maximum atomic E-state index is 14.6. The molecular weight excluding hydrogens is 606 g/mol. The van der Waals surface area contributed by atoms with Gasteiger partial charge in [-0.1, -0.05) is 97.7 Å². The summed E-state index contributed by atoms with van der Waals surface area (Å²) in [5.74, 6) is -0.784. The van der Waals surface area contributed by atoms with E-state index in [1.165, 1.54) is 17.0 Å². The summed E-state index contributed by atoms with van der Waals surface area (Å²) in [6.45, 7) is 5.84. The molecule has 45 heavy (non-hydrogen) atoms. The number of anilines is 1. The summed E-state index contributed by atoms with van der Waals surface area (Å²) >= 11 is 6.23. The summed E-state index contributed by atoms with van der Waals surface area (Å²) in [5, 5.41) is 3.47. The molecule has 236 valence electrons. The fourth-order valence-electron chi connectivity index (χ4n) is 5.16. The molecule has 1 N–H and O–H groups in total. The number of nitrogens with one attached hydrogen (secondary N) is 1. The van der Waals surface area contributed by atoms with Crippen molar-refractivity contribution in [1.29, 1.82) is 0 Å². The van der Waals surface area contributed by atoms with Gasteiger partial charge in [-0.25, -0.2) is 8.42 Å². The second-order valence-electron chi connectivity index (χ2n) is 11.1. The maximum Gasteiger partial charge on any atom is 0.264 e. The Bertz CT molecular complexity index is 1700. The summed E-state index contributed by atoms with van der Waals surface area (Å²) in [5.41, 5.74) is 3.64. The number of sulfonamides is 1. The predicted octanol–water partition coefficient (Wildman–Crippen LogP) is 6.71. The second kappa shape index (κ2) is 15.7. The van der Waals surface area contributed by atoms with Crippen LogP contribution in [0.1, 0.15) is 42.0 Å². The van der Waals surface area contributed by atoms with Crippen LogP contribution in [0.4, 0.5) is 5.69 Å². The highest BCUT2D eigenvalue weighted by Gasteiger charge is 2.35. The Morgan fingerprint density at radius 3 is 2.13 bits per heavy atom. The lowest BCUT2D eigenvalue weighted by molar-refractivity contribution is -0.140. The van der Waals surface area contributed by atoms with Gasteiger partial charge in [0.25, 0.3) is 10.0 Å². The molecule has 2 amide bonds. The Morgan fingerprint density at radius 2 is 1.49 bits per heavy atom. The van der Waals surface area contributed by atoms with Crippen LogP contribution in [0.15, 0.2) is 108 Å². The van der Waals surface area contributed by atoms with E-state index in [9.17, 15) is 18.0 Å². The molecule has 7 nitrogen and oxygen atoms in total. The maximum absolute atomic E-state index is 14.6. The van der Waals surface area contributed by atoms with E-state index < -0.39 is 28.5 Å². The van der Waals surface area contributed by atoms with Crippen molar-refractivity contribution in [1.82, 2.24) is 10.2 Å². The standard InChI is InChI=1S/C36H40ClN3O4S/c1-4-5-22-38-36(42)34(24-29-15-8-6-9-16-29)39(25-30-17-13-12-14-27(30)2)35(41)26-40(33-21-20-31(37)23-28(33)3)45(43,44)32-18-10-7-11-19-32/h6-21,23,34H,4-5,22,24-26H2,1-3H3,(H,38,42)/t34-/m0/s1. The van der Waals surface area contributed by atoms with Crippen molar-refractivity contribution in [3.63, 3.8) is 0 Å². The normalized spacial score (nSPS) is 11.9. The van der Waals surface area contributed by atoms with E-state index in [0.29, 0.717) is 22.8 Å². The van der Waals surface area contributed by atoms with Crippen molar-refractivity contribution in [2.24, 2.45) is 0 Å². The number of amides is 2. The van der Waals surface area contributed by atoms with Crippen LogP contribution in [0, 0.1) is 13.8 Å². The molecule has 1 atom stereocenters. The molecule has 0 heterocycles. The second-order valence-corrected chi connectivity index (χ2v) is 13.4. The average molecular weight is 646 g/mol. The highest BCUT2D eigenvalue weighted by atomic mass is 35.5. The average Bonchev–Trinajstić information content (AvgIpc) is 3.03. The highest BCUT2D eigenvalue weighted by Crippen LogP contribution is 2.29. The molecule has 0 unspecified atom stereocenters. The van der Waals surface area contributed by atoms with Gasteiger partial charge in [-0.05, 0) is 72.9 Å². The quantitative estimate of drug-likeness (QED) is 0.155. The van der Waals surface area contributed by atoms with Crippen molar-refractivity contribution in [2.75, 3.05) is 17.4 Å². The number of benzene rings is 4. The number of aryl methyl sites for hydroxylation is 2. The summed E-state index contributed by atoms with van der Waals surface area (Å²) in [6.07, 6.45) is 1.97. The summed E-state index contributed by atoms with van der Waals surface area (Å²) in [7, 11) is -4.18. The van der Waals surface area contributed by atoms with Crippen LogP contribution in [0.2, 0.25) is 5.02 Å². The van der Waals surface area contributed by atoms with E-state index in [2.05, 4.69) is 5.32 Å². The van der Waals surface area contributed by atoms with E-state index in [0.717, 1.165) is 33.8 Å². The minimum atomic E-state index is -4.18. The third-order valence-corrected chi connectivity index (χ3v) is 9.75. The van der Waals surface area contributed by atoms with E-state index >= 15 is 0 Å². The van der Waals surface area contributed by atoms with Gasteiger partial charge < -0.3 is 10.2 Å². The molecule has 4 rings (SSSR count). The zero-order valence-electron chi connectivity index (χ0n) is 25.9. The van der Waals surface area contributed by atoms with Gasteiger partial charge in [0.2, 0.25) is 11.8 Å². The fraction of sp³-hybridized carbons (Fsp3) is 0.278. The minimum Gasteiger partial charge on any atom is -0.354 e. The zero-order chi connectivity index (χ0) is 32.4. The molecule has 0 fully saturated rings. The topological polar surface area (TPSA) is 86.8 Å². The Morgan fingerprint density at radius 1 is 0.844 bits per heavy atom. The van der Waals surface area contributed by atoms with Crippen LogP contribution in [0.5, 0.6) is 0 Å². The van der Waals surface area contributed by atoms with Crippen LogP contribution in [0.25, 0.3) is 0 Å². The molecule has 0 saturated carbocycles. The molecule has 0 aliphatic carbocycles. The van der Waals surface area contributed by atoms with E-state index in [1.54, 1.807) is 43.3 Å². The third kappa shape index (κ3) is 8.74. The van der Waals surface area contributed by atoms with E-state index in [1.807, 2.05) is 68.4 Å². The number of rotatable bonds is 14. The SMILES string of the molecule is CCCCNC(=O)[C@H](Cc1ccccc1)N(Cc1ccccc1C)C(=O)CN(c1ccc(Cl)cc1C)S(=O)(=O)c1ccccc1. The van der Waals surface area contributed by atoms with Gasteiger partial charge in [0.05, 0.1) is 10.6 Å². The number of carbonyl (C=O) groups is 2. The molecule has 0 aliphatic rings. The van der Waals surface area contributed by atoms with Gasteiger partial charge >= 0.3 is 0 Å². The van der Waals surface area contributed by atoms with Crippen molar-refractivity contribution in [3.8, 4) is 0 Å². The van der Waals surface area contributed by atoms with Crippen LogP contribution < -0.4 is 9.62 Å². The molecule has 0 saturated heterocycles. The Hall–Kier alpha value is -4.14. The first-order chi connectivity index (χ1) is 21.6. The molecule has 0 aromatic heterocycles. The molecule has 4 aromatic rings. The number of nitrogens with zero attached hydrogens (tertiary/aromatic N) is 2. The van der Waals surface area contributed by atoms with Crippen molar-refractivity contribution < 1.29 is 18.0 Å². The Kier molecular flexibility index (Phi) is 11.8. The summed E-state index contributed by atoms with van der Waals surface area (Å²) < 4.78 is 29.4. The molecule has 0 spiro atoms. The smallest absolute Gasteiger partial charge is 0.264 e. The molecule has 4 aromatic carbocycles. The van der Waals surface area contributed by atoms with Gasteiger partial charge in [-0.3, -0.25) is 13.9 Å². The van der Waals surface area contributed by atoms with Crippen LogP contribution in [0.3, 0.4) is 0 Å². The first-order valence-electron chi connectivity index (χ1n) is 15.1. The molecule has 0 aliphatic heterocycles. The van der Waals surface area contributed by atoms with Gasteiger partial charge in [0, 0.05) is 24.5 Å². The lowest BCUT2D eigenvalue weighted by Crippen LogP contribution is -2.53. The lowest BCUT2D eigenvalue weighted by Gasteiger charge is -2.34. The Balaban J connectivity index is 1.81. The van der Waals surface area contributed by atoms with Gasteiger partial charge in [0.15, 0.2) is 0 Å². The molecule has 9 heteroatoms. The molecule has 0 bridgehead atoms. The largest absolute Gasteiger partial charge is 0.354 e. The van der Waals surface area contributed by atoms with Gasteiger partial charge in [0.1, 0.15) is 12.6 Å². The lowest BCUT2D eigenvalue weighted by atomic mass is 10.0. The molecular formula is C36H40ClN3O4S. The van der Waals surface area contributed by atoms with Gasteiger partial charge in [-0.15, -0.1) is 0 Å². The van der Waals surface area contributed by atoms with Gasteiger partial charge in [-0.2, -0.15) is 0 Å². The monoisotopic (exact) mass is 645 g/mol. The first kappa shape index (κ1) is 33.7. The zero-order valence-corrected chi connectivity index (χ0v) is 27.5. The Labute approximate surface area is 271 Å². The van der Waals surface area contributed by atoms with Crippen molar-refractivity contribution in [2.45, 2.75) is 57.5 Å². The number of hydrogen-bond acceptors (Lipinski definition) is 4. The highest BCUT2D eigenvalue weighted by molar-refractivity contribution is 7.92. The van der Waals surface area contributed by atoms with Crippen molar-refractivity contribution >= 4 is 39.1 Å². The van der Waals surface area contributed by atoms with E-state index in [4.69, 9.17) is 11.6 Å². The first-order valence-corrected chi connectivity index (χ1v) is 16.9. The van der Waals surface area contributed by atoms with Crippen LogP contribution in [-0.2, 0) is 32.6 Å². The predicted molar refractivity (Wildman–Crippen MR) is 181 cm³/mol. The third-order valence-electron chi connectivity index (χ3n) is 7.74. The summed E-state index contributed by atoms with van der Waals surface area (Å²) in [6, 6.07) is 29.2. The molecule has 0 radical (unpaired) electrons.